The van der Waals surface area contributed by atoms with Gasteiger partial charge in [-0.1, -0.05) is 0 Å². The number of aliphatic imine (C=N–C) groups is 1. The van der Waals surface area contributed by atoms with Gasteiger partial charge < -0.3 is 15.1 Å². The molecule has 90 valence electrons. The molecule has 1 aromatic rings. The van der Waals surface area contributed by atoms with Gasteiger partial charge in [0, 0.05) is 30.2 Å². The first-order valence-corrected chi connectivity index (χ1v) is 6.15. The molecular weight excluding hydrogens is 337 g/mol. The lowest BCUT2D eigenvalue weighted by Crippen LogP contribution is -2.42. The number of furan rings is 1. The van der Waals surface area contributed by atoms with E-state index in [2.05, 4.69) is 9.89 Å². The second kappa shape index (κ2) is 7.05. The Morgan fingerprint density at radius 1 is 1.50 bits per heavy atom. The van der Waals surface area contributed by atoms with Crippen LogP contribution in [0.25, 0.3) is 0 Å². The van der Waals surface area contributed by atoms with E-state index in [0.717, 1.165) is 30.2 Å². The van der Waals surface area contributed by atoms with Gasteiger partial charge in [-0.05, 0) is 6.07 Å². The van der Waals surface area contributed by atoms with Crippen molar-refractivity contribution >= 4 is 41.7 Å². The molecule has 1 saturated heterocycles. The number of halogens is 1. The number of rotatable bonds is 2. The first kappa shape index (κ1) is 13.7. The van der Waals surface area contributed by atoms with Crippen LogP contribution in [-0.4, -0.2) is 35.5 Å². The summed E-state index contributed by atoms with van der Waals surface area (Å²) in [5.41, 5.74) is 6.96. The van der Waals surface area contributed by atoms with Gasteiger partial charge in [0.05, 0.1) is 19.1 Å². The highest BCUT2D eigenvalue weighted by Crippen LogP contribution is 2.09. The van der Waals surface area contributed by atoms with Gasteiger partial charge in [-0.25, -0.2) is 4.99 Å². The topological polar surface area (TPSA) is 54.8 Å². The largest absolute Gasteiger partial charge is 0.472 e. The van der Waals surface area contributed by atoms with Gasteiger partial charge in [-0.3, -0.25) is 0 Å². The molecule has 2 N–H and O–H groups in total. The highest BCUT2D eigenvalue weighted by molar-refractivity contribution is 14.0. The summed E-state index contributed by atoms with van der Waals surface area (Å²) < 4.78 is 4.97. The molecule has 1 aromatic heterocycles. The number of guanidine groups is 1. The van der Waals surface area contributed by atoms with Crippen LogP contribution in [-0.2, 0) is 6.54 Å². The van der Waals surface area contributed by atoms with Crippen LogP contribution in [0.15, 0.2) is 28.0 Å². The lowest BCUT2D eigenvalue weighted by Gasteiger charge is -2.27. The Morgan fingerprint density at radius 2 is 2.25 bits per heavy atom. The summed E-state index contributed by atoms with van der Waals surface area (Å²) in [4.78, 5) is 6.48. The van der Waals surface area contributed by atoms with Gasteiger partial charge in [0.1, 0.15) is 0 Å². The smallest absolute Gasteiger partial charge is 0.191 e. The van der Waals surface area contributed by atoms with Crippen LogP contribution in [0.3, 0.4) is 0 Å². The summed E-state index contributed by atoms with van der Waals surface area (Å²) in [5, 5.41) is 0. The van der Waals surface area contributed by atoms with Crippen molar-refractivity contribution in [2.24, 2.45) is 10.7 Å². The first-order valence-electron chi connectivity index (χ1n) is 5.00. The molecule has 0 bridgehead atoms. The van der Waals surface area contributed by atoms with Crippen LogP contribution in [0.4, 0.5) is 0 Å². The monoisotopic (exact) mass is 353 g/mol. The molecule has 2 heterocycles. The average molecular weight is 353 g/mol. The van der Waals surface area contributed by atoms with Crippen molar-refractivity contribution < 1.29 is 4.42 Å². The van der Waals surface area contributed by atoms with Gasteiger partial charge in [-0.2, -0.15) is 11.8 Å². The van der Waals surface area contributed by atoms with Crippen molar-refractivity contribution in [3.8, 4) is 0 Å². The minimum atomic E-state index is 0. The van der Waals surface area contributed by atoms with Crippen LogP contribution < -0.4 is 5.73 Å². The molecule has 0 aliphatic carbocycles. The molecule has 1 aliphatic heterocycles. The Kier molecular flexibility index (Phi) is 6.04. The van der Waals surface area contributed by atoms with Crippen molar-refractivity contribution in [1.82, 2.24) is 4.90 Å². The maximum Gasteiger partial charge on any atom is 0.191 e. The van der Waals surface area contributed by atoms with Crippen LogP contribution in [0.2, 0.25) is 0 Å². The van der Waals surface area contributed by atoms with Crippen LogP contribution in [0.5, 0.6) is 0 Å². The highest BCUT2D eigenvalue weighted by atomic mass is 127. The Balaban J connectivity index is 0.00000128. The summed E-state index contributed by atoms with van der Waals surface area (Å²) in [7, 11) is 0. The third-order valence-corrected chi connectivity index (χ3v) is 3.28. The normalized spacial score (nSPS) is 17.0. The van der Waals surface area contributed by atoms with Gasteiger partial charge >= 0.3 is 0 Å². The minimum absolute atomic E-state index is 0. The van der Waals surface area contributed by atoms with E-state index in [9.17, 15) is 0 Å². The van der Waals surface area contributed by atoms with Gasteiger partial charge in [0.2, 0.25) is 0 Å². The molecule has 6 heteroatoms. The van der Waals surface area contributed by atoms with Crippen molar-refractivity contribution in [1.29, 1.82) is 0 Å². The van der Waals surface area contributed by atoms with Crippen LogP contribution >= 0.6 is 35.7 Å². The van der Waals surface area contributed by atoms with Crippen molar-refractivity contribution in [3.63, 3.8) is 0 Å². The Labute approximate surface area is 117 Å². The summed E-state index contributed by atoms with van der Waals surface area (Å²) in [5.74, 6) is 2.93. The predicted molar refractivity (Wildman–Crippen MR) is 78.3 cm³/mol. The van der Waals surface area contributed by atoms with Crippen LogP contribution in [0, 0.1) is 0 Å². The van der Waals surface area contributed by atoms with E-state index in [0.29, 0.717) is 12.5 Å². The molecule has 16 heavy (non-hydrogen) atoms. The van der Waals surface area contributed by atoms with Gasteiger partial charge in [0.25, 0.3) is 0 Å². The van der Waals surface area contributed by atoms with Crippen molar-refractivity contribution in [2.75, 3.05) is 24.6 Å². The molecule has 2 rings (SSSR count). The van der Waals surface area contributed by atoms with Gasteiger partial charge in [0.15, 0.2) is 5.96 Å². The molecule has 1 aliphatic rings. The van der Waals surface area contributed by atoms with E-state index in [1.54, 1.807) is 12.5 Å². The maximum absolute atomic E-state index is 5.90. The second-order valence-corrected chi connectivity index (χ2v) is 4.63. The number of nitrogens with two attached hydrogens (primary N) is 1. The number of nitrogens with zero attached hydrogens (tertiary/aromatic N) is 2. The second-order valence-electron chi connectivity index (χ2n) is 3.41. The Hall–Kier alpha value is -0.370. The van der Waals surface area contributed by atoms with E-state index in [1.165, 1.54) is 0 Å². The fourth-order valence-corrected chi connectivity index (χ4v) is 2.35. The zero-order chi connectivity index (χ0) is 10.5. The molecule has 0 amide bonds. The minimum Gasteiger partial charge on any atom is -0.472 e. The summed E-state index contributed by atoms with van der Waals surface area (Å²) in [6.45, 7) is 2.61. The molecule has 0 atom stereocenters. The Morgan fingerprint density at radius 3 is 2.88 bits per heavy atom. The summed E-state index contributed by atoms with van der Waals surface area (Å²) >= 11 is 1.96. The third-order valence-electron chi connectivity index (χ3n) is 2.34. The summed E-state index contributed by atoms with van der Waals surface area (Å²) in [6, 6.07) is 1.91. The molecule has 0 radical (unpaired) electrons. The Bertz CT molecular complexity index is 323. The van der Waals surface area contributed by atoms with Crippen LogP contribution in [0.1, 0.15) is 5.56 Å². The van der Waals surface area contributed by atoms with Gasteiger partial charge in [-0.15, -0.1) is 24.0 Å². The molecule has 0 unspecified atom stereocenters. The summed E-state index contributed by atoms with van der Waals surface area (Å²) in [6.07, 6.45) is 3.35. The lowest BCUT2D eigenvalue weighted by atomic mass is 10.3. The maximum atomic E-state index is 5.90. The quantitative estimate of drug-likeness (QED) is 0.500. The van der Waals surface area contributed by atoms with E-state index >= 15 is 0 Å². The first-order chi connectivity index (χ1) is 7.36. The van der Waals surface area contributed by atoms with E-state index in [1.807, 2.05) is 17.8 Å². The van der Waals surface area contributed by atoms with Crippen molar-refractivity contribution in [3.05, 3.63) is 24.2 Å². The SMILES string of the molecule is I.NC(=NCc1ccoc1)N1CCSCC1. The fourth-order valence-electron chi connectivity index (χ4n) is 1.45. The molecule has 0 spiro atoms. The highest BCUT2D eigenvalue weighted by Gasteiger charge is 2.11. The number of thioether (sulfide) groups is 1. The zero-order valence-electron chi connectivity index (χ0n) is 8.96. The zero-order valence-corrected chi connectivity index (χ0v) is 12.1. The number of hydrogen-bond acceptors (Lipinski definition) is 3. The molecular formula is C10H16IN3OS. The molecule has 0 aromatic carbocycles. The third kappa shape index (κ3) is 3.89. The average Bonchev–Trinajstić information content (AvgIpc) is 2.80. The van der Waals surface area contributed by atoms with E-state index in [-0.39, 0.29) is 24.0 Å². The predicted octanol–water partition coefficient (Wildman–Crippen LogP) is 1.76. The fraction of sp³-hybridized carbons (Fsp3) is 0.500. The molecule has 0 saturated carbocycles. The van der Waals surface area contributed by atoms with E-state index in [4.69, 9.17) is 10.2 Å². The molecule has 1 fully saturated rings. The van der Waals surface area contributed by atoms with Crippen molar-refractivity contribution in [2.45, 2.75) is 6.54 Å². The lowest BCUT2D eigenvalue weighted by molar-refractivity contribution is 0.455. The number of hydrogen-bond donors (Lipinski definition) is 1. The van der Waals surface area contributed by atoms with E-state index < -0.39 is 0 Å². The standard InChI is InChI=1S/C10H15N3OS.HI/c11-10(13-2-5-15-6-3-13)12-7-9-1-4-14-8-9;/h1,4,8H,2-3,5-7H2,(H2,11,12);1H. The molecule has 4 nitrogen and oxygen atoms in total.